The summed E-state index contributed by atoms with van der Waals surface area (Å²) in [4.78, 5) is 10.0. The standard InChI is InChI=1S/C21H43N5O/c1-5-22-21(23-15-19(4)17-25-9-7-6-8-10-25)24-16-20(18(2)3)26-11-13-27-14-12-26/h18-20H,5-17H2,1-4H3,(H2,22,23,24). The second-order valence-corrected chi connectivity index (χ2v) is 8.53. The molecule has 0 aromatic rings. The highest BCUT2D eigenvalue weighted by atomic mass is 16.5. The van der Waals surface area contributed by atoms with Crippen LogP contribution in [0.3, 0.4) is 0 Å². The maximum Gasteiger partial charge on any atom is 0.191 e. The average Bonchev–Trinajstić information content (AvgIpc) is 2.67. The molecule has 0 bridgehead atoms. The van der Waals surface area contributed by atoms with Crippen LogP contribution in [0.25, 0.3) is 0 Å². The number of ether oxygens (including phenoxy) is 1. The molecule has 158 valence electrons. The Bertz CT molecular complexity index is 417. The van der Waals surface area contributed by atoms with Crippen LogP contribution in [0.5, 0.6) is 0 Å². The third kappa shape index (κ3) is 8.36. The Kier molecular flexibility index (Phi) is 10.5. The predicted octanol–water partition coefficient (Wildman–Crippen LogP) is 2.02. The second kappa shape index (κ2) is 12.6. The Balaban J connectivity index is 1.81. The minimum absolute atomic E-state index is 0.517. The summed E-state index contributed by atoms with van der Waals surface area (Å²) in [6, 6.07) is 0.517. The molecule has 2 rings (SSSR count). The lowest BCUT2D eigenvalue weighted by Crippen LogP contribution is -2.52. The van der Waals surface area contributed by atoms with E-state index in [4.69, 9.17) is 9.73 Å². The molecule has 6 nitrogen and oxygen atoms in total. The topological polar surface area (TPSA) is 52.1 Å². The molecule has 2 aliphatic heterocycles. The van der Waals surface area contributed by atoms with Crippen LogP contribution in [-0.2, 0) is 4.74 Å². The molecule has 0 saturated carbocycles. The number of guanidine groups is 1. The quantitative estimate of drug-likeness (QED) is 0.473. The van der Waals surface area contributed by atoms with E-state index in [1.807, 2.05) is 0 Å². The number of hydrogen-bond acceptors (Lipinski definition) is 4. The van der Waals surface area contributed by atoms with Crippen molar-refractivity contribution in [2.45, 2.75) is 53.0 Å². The number of nitrogens with one attached hydrogen (secondary N) is 2. The van der Waals surface area contributed by atoms with Gasteiger partial charge in [-0.3, -0.25) is 9.89 Å². The van der Waals surface area contributed by atoms with Crippen molar-refractivity contribution in [3.8, 4) is 0 Å². The van der Waals surface area contributed by atoms with Gasteiger partial charge in [-0.1, -0.05) is 27.2 Å². The molecular formula is C21H43N5O. The average molecular weight is 382 g/mol. The van der Waals surface area contributed by atoms with Crippen LogP contribution >= 0.6 is 0 Å². The van der Waals surface area contributed by atoms with Crippen LogP contribution in [0.4, 0.5) is 0 Å². The fourth-order valence-electron chi connectivity index (χ4n) is 4.13. The van der Waals surface area contributed by atoms with E-state index in [1.165, 1.54) is 38.9 Å². The van der Waals surface area contributed by atoms with E-state index in [-0.39, 0.29) is 0 Å². The van der Waals surface area contributed by atoms with E-state index in [9.17, 15) is 0 Å². The number of morpholine rings is 1. The summed E-state index contributed by atoms with van der Waals surface area (Å²) < 4.78 is 5.52. The first-order chi connectivity index (χ1) is 13.1. The van der Waals surface area contributed by atoms with Crippen molar-refractivity contribution in [3.05, 3.63) is 0 Å². The highest BCUT2D eigenvalue weighted by Gasteiger charge is 2.24. The van der Waals surface area contributed by atoms with Crippen molar-refractivity contribution in [2.24, 2.45) is 16.8 Å². The Morgan fingerprint density at radius 2 is 1.70 bits per heavy atom. The molecule has 2 aliphatic rings. The number of rotatable bonds is 9. The molecule has 2 saturated heterocycles. The van der Waals surface area contributed by atoms with Crippen LogP contribution in [0, 0.1) is 11.8 Å². The number of piperidine rings is 1. The Labute approximate surface area is 167 Å². The fraction of sp³-hybridized carbons (Fsp3) is 0.952. The molecule has 27 heavy (non-hydrogen) atoms. The van der Waals surface area contributed by atoms with Gasteiger partial charge in [0.15, 0.2) is 5.96 Å². The first-order valence-electron chi connectivity index (χ1n) is 11.2. The van der Waals surface area contributed by atoms with Crippen molar-refractivity contribution in [1.82, 2.24) is 20.4 Å². The van der Waals surface area contributed by atoms with Crippen LogP contribution in [0.15, 0.2) is 4.99 Å². The maximum absolute atomic E-state index is 5.52. The summed E-state index contributed by atoms with van der Waals surface area (Å²) in [6.45, 7) is 19.3. The molecule has 2 unspecified atom stereocenters. The van der Waals surface area contributed by atoms with Crippen molar-refractivity contribution >= 4 is 5.96 Å². The molecule has 6 heteroatoms. The SMILES string of the molecule is CCNC(=NCC(C)CN1CCCCC1)NCC(C(C)C)N1CCOCC1. The summed E-state index contributed by atoms with van der Waals surface area (Å²) in [6.07, 6.45) is 4.12. The lowest BCUT2D eigenvalue weighted by atomic mass is 10.0. The summed E-state index contributed by atoms with van der Waals surface area (Å²) in [7, 11) is 0. The van der Waals surface area contributed by atoms with Gasteiger partial charge in [-0.25, -0.2) is 0 Å². The van der Waals surface area contributed by atoms with E-state index in [2.05, 4.69) is 48.1 Å². The van der Waals surface area contributed by atoms with Crippen LogP contribution < -0.4 is 10.6 Å². The zero-order valence-corrected chi connectivity index (χ0v) is 18.2. The summed E-state index contributed by atoms with van der Waals surface area (Å²) in [5, 5.41) is 7.02. The van der Waals surface area contributed by atoms with Gasteiger partial charge in [0.1, 0.15) is 0 Å². The Morgan fingerprint density at radius 1 is 1.00 bits per heavy atom. The molecule has 0 spiro atoms. The van der Waals surface area contributed by atoms with Crippen LogP contribution in [0.2, 0.25) is 0 Å². The van der Waals surface area contributed by atoms with Crippen LogP contribution in [-0.4, -0.2) is 87.4 Å². The lowest BCUT2D eigenvalue weighted by Gasteiger charge is -2.37. The highest BCUT2D eigenvalue weighted by Crippen LogP contribution is 2.13. The third-order valence-corrected chi connectivity index (χ3v) is 5.69. The Hall–Kier alpha value is -0.850. The van der Waals surface area contributed by atoms with E-state index in [0.717, 1.165) is 51.9 Å². The number of aliphatic imine (C=N–C) groups is 1. The zero-order valence-electron chi connectivity index (χ0n) is 18.2. The highest BCUT2D eigenvalue weighted by molar-refractivity contribution is 5.79. The summed E-state index contributed by atoms with van der Waals surface area (Å²) >= 11 is 0. The van der Waals surface area contributed by atoms with Gasteiger partial charge in [-0.05, 0) is 44.7 Å². The summed E-state index contributed by atoms with van der Waals surface area (Å²) in [5.74, 6) is 2.16. The second-order valence-electron chi connectivity index (χ2n) is 8.53. The summed E-state index contributed by atoms with van der Waals surface area (Å²) in [5.41, 5.74) is 0. The minimum Gasteiger partial charge on any atom is -0.379 e. The van der Waals surface area contributed by atoms with E-state index >= 15 is 0 Å². The first-order valence-corrected chi connectivity index (χ1v) is 11.2. The van der Waals surface area contributed by atoms with E-state index in [1.54, 1.807) is 0 Å². The van der Waals surface area contributed by atoms with Gasteiger partial charge in [-0.15, -0.1) is 0 Å². The molecule has 2 atom stereocenters. The third-order valence-electron chi connectivity index (χ3n) is 5.69. The van der Waals surface area contributed by atoms with E-state index in [0.29, 0.717) is 17.9 Å². The minimum atomic E-state index is 0.517. The monoisotopic (exact) mass is 381 g/mol. The molecule has 0 aromatic heterocycles. The van der Waals surface area contributed by atoms with Crippen molar-refractivity contribution in [1.29, 1.82) is 0 Å². The van der Waals surface area contributed by atoms with Gasteiger partial charge < -0.3 is 20.3 Å². The van der Waals surface area contributed by atoms with Gasteiger partial charge >= 0.3 is 0 Å². The number of likely N-dealkylation sites (tertiary alicyclic amines) is 1. The van der Waals surface area contributed by atoms with Gasteiger partial charge in [0.2, 0.25) is 0 Å². The normalized spacial score (nSPS) is 22.6. The predicted molar refractivity (Wildman–Crippen MR) is 114 cm³/mol. The Morgan fingerprint density at radius 3 is 2.33 bits per heavy atom. The molecule has 0 aromatic carbocycles. The largest absolute Gasteiger partial charge is 0.379 e. The number of nitrogens with zero attached hydrogens (tertiary/aromatic N) is 3. The molecule has 2 N–H and O–H groups in total. The molecule has 0 amide bonds. The molecule has 0 aliphatic carbocycles. The van der Waals surface area contributed by atoms with Gasteiger partial charge in [0.25, 0.3) is 0 Å². The fourth-order valence-corrected chi connectivity index (χ4v) is 4.13. The van der Waals surface area contributed by atoms with Crippen molar-refractivity contribution in [2.75, 3.05) is 65.6 Å². The zero-order chi connectivity index (χ0) is 19.5. The van der Waals surface area contributed by atoms with Gasteiger partial charge in [0.05, 0.1) is 13.2 Å². The van der Waals surface area contributed by atoms with Crippen molar-refractivity contribution in [3.63, 3.8) is 0 Å². The maximum atomic E-state index is 5.52. The first kappa shape index (κ1) is 22.4. The molecule has 0 radical (unpaired) electrons. The van der Waals surface area contributed by atoms with Gasteiger partial charge in [0, 0.05) is 45.3 Å². The van der Waals surface area contributed by atoms with Crippen LogP contribution in [0.1, 0.15) is 47.0 Å². The molecule has 2 heterocycles. The molecule has 2 fully saturated rings. The lowest BCUT2D eigenvalue weighted by molar-refractivity contribution is 0.00752. The molecular weight excluding hydrogens is 338 g/mol. The van der Waals surface area contributed by atoms with Gasteiger partial charge in [-0.2, -0.15) is 0 Å². The van der Waals surface area contributed by atoms with E-state index < -0.39 is 0 Å². The number of hydrogen-bond donors (Lipinski definition) is 2. The smallest absolute Gasteiger partial charge is 0.191 e. The van der Waals surface area contributed by atoms with Crippen molar-refractivity contribution < 1.29 is 4.74 Å².